The molecule has 1 saturated heterocycles. The minimum atomic E-state index is 0.0582. The van der Waals surface area contributed by atoms with Gasteiger partial charge in [-0.3, -0.25) is 0 Å². The average Bonchev–Trinajstić information content (AvgIpc) is 2.82. The average molecular weight is 249 g/mol. The standard InChI is InChI=1S/C15H23NO2/c1-11-5-3-7-15(9-11)10-18-14(12(2)16-15)13-6-4-8-17-13/h4,6,8,11-12,14,16H,3,5,7,9-10H2,1-2H3. The molecule has 18 heavy (non-hydrogen) atoms. The largest absolute Gasteiger partial charge is 0.467 e. The number of hydrogen-bond donors (Lipinski definition) is 1. The topological polar surface area (TPSA) is 34.4 Å². The predicted octanol–water partition coefficient (Wildman–Crippen LogP) is 3.28. The highest BCUT2D eigenvalue weighted by atomic mass is 16.5. The first-order valence-corrected chi connectivity index (χ1v) is 7.11. The smallest absolute Gasteiger partial charge is 0.134 e. The lowest BCUT2D eigenvalue weighted by molar-refractivity contribution is -0.0843. The van der Waals surface area contributed by atoms with E-state index in [2.05, 4.69) is 19.2 Å². The molecule has 1 aliphatic carbocycles. The second-order valence-electron chi connectivity index (χ2n) is 6.16. The predicted molar refractivity (Wildman–Crippen MR) is 70.4 cm³/mol. The van der Waals surface area contributed by atoms with Gasteiger partial charge in [0.2, 0.25) is 0 Å². The first-order chi connectivity index (χ1) is 8.69. The van der Waals surface area contributed by atoms with E-state index in [1.165, 1.54) is 25.7 Å². The fourth-order valence-electron chi connectivity index (χ4n) is 3.70. The van der Waals surface area contributed by atoms with Crippen molar-refractivity contribution in [2.75, 3.05) is 6.61 Å². The van der Waals surface area contributed by atoms with Gasteiger partial charge in [-0.2, -0.15) is 0 Å². The van der Waals surface area contributed by atoms with E-state index in [-0.39, 0.29) is 11.6 Å². The lowest BCUT2D eigenvalue weighted by Gasteiger charge is -2.48. The Kier molecular flexibility index (Phi) is 3.20. The number of ether oxygens (including phenoxy) is 1. The summed E-state index contributed by atoms with van der Waals surface area (Å²) in [5.41, 5.74) is 0.209. The van der Waals surface area contributed by atoms with Crippen LogP contribution < -0.4 is 5.32 Å². The van der Waals surface area contributed by atoms with Gasteiger partial charge in [0.05, 0.1) is 12.9 Å². The fourth-order valence-corrected chi connectivity index (χ4v) is 3.70. The van der Waals surface area contributed by atoms with E-state index >= 15 is 0 Å². The molecule has 4 atom stereocenters. The van der Waals surface area contributed by atoms with E-state index in [1.54, 1.807) is 6.26 Å². The molecule has 0 radical (unpaired) electrons. The van der Waals surface area contributed by atoms with Crippen molar-refractivity contribution in [3.8, 4) is 0 Å². The van der Waals surface area contributed by atoms with Crippen molar-refractivity contribution in [3.63, 3.8) is 0 Å². The SMILES string of the molecule is CC1CCCC2(COC(c3ccco3)C(C)N2)C1. The molecule has 1 saturated carbocycles. The van der Waals surface area contributed by atoms with Crippen LogP contribution in [-0.2, 0) is 4.74 Å². The summed E-state index contributed by atoms with van der Waals surface area (Å²) in [5, 5.41) is 3.82. The van der Waals surface area contributed by atoms with Crippen LogP contribution in [0.5, 0.6) is 0 Å². The molecule has 4 unspecified atom stereocenters. The molecule has 1 aromatic heterocycles. The molecule has 1 N–H and O–H groups in total. The van der Waals surface area contributed by atoms with Crippen LogP contribution in [0.2, 0.25) is 0 Å². The quantitative estimate of drug-likeness (QED) is 0.829. The Morgan fingerprint density at radius 2 is 2.28 bits per heavy atom. The summed E-state index contributed by atoms with van der Waals surface area (Å²) in [6, 6.07) is 4.25. The summed E-state index contributed by atoms with van der Waals surface area (Å²) in [5.74, 6) is 1.75. The molecule has 3 rings (SSSR count). The Morgan fingerprint density at radius 3 is 2.94 bits per heavy atom. The zero-order valence-corrected chi connectivity index (χ0v) is 11.3. The molecule has 1 spiro atoms. The Balaban J connectivity index is 1.71. The van der Waals surface area contributed by atoms with Crippen molar-refractivity contribution in [3.05, 3.63) is 24.2 Å². The van der Waals surface area contributed by atoms with Gasteiger partial charge in [0.15, 0.2) is 0 Å². The highest BCUT2D eigenvalue weighted by Gasteiger charge is 2.42. The molecule has 0 aromatic carbocycles. The van der Waals surface area contributed by atoms with Crippen molar-refractivity contribution in [2.24, 2.45) is 5.92 Å². The van der Waals surface area contributed by atoms with Crippen LogP contribution in [0.15, 0.2) is 22.8 Å². The van der Waals surface area contributed by atoms with Gasteiger partial charge < -0.3 is 14.5 Å². The van der Waals surface area contributed by atoms with E-state index < -0.39 is 0 Å². The van der Waals surface area contributed by atoms with Crippen LogP contribution in [0.1, 0.15) is 51.4 Å². The Labute approximate surface area is 109 Å². The maximum atomic E-state index is 6.12. The van der Waals surface area contributed by atoms with E-state index in [0.717, 1.165) is 18.3 Å². The van der Waals surface area contributed by atoms with Crippen LogP contribution in [0, 0.1) is 5.92 Å². The normalized spacial score (nSPS) is 41.1. The zero-order valence-electron chi connectivity index (χ0n) is 11.3. The van der Waals surface area contributed by atoms with Gasteiger partial charge >= 0.3 is 0 Å². The minimum Gasteiger partial charge on any atom is -0.467 e. The third kappa shape index (κ3) is 2.21. The van der Waals surface area contributed by atoms with Gasteiger partial charge in [-0.05, 0) is 37.8 Å². The molecule has 1 aliphatic heterocycles. The Bertz CT molecular complexity index is 389. The molecule has 0 bridgehead atoms. The molecule has 3 nitrogen and oxygen atoms in total. The van der Waals surface area contributed by atoms with Gasteiger partial charge in [-0.15, -0.1) is 0 Å². The highest BCUT2D eigenvalue weighted by molar-refractivity contribution is 5.09. The third-order valence-electron chi connectivity index (χ3n) is 4.44. The van der Waals surface area contributed by atoms with Crippen molar-refractivity contribution >= 4 is 0 Å². The van der Waals surface area contributed by atoms with Crippen LogP contribution in [0.25, 0.3) is 0 Å². The monoisotopic (exact) mass is 249 g/mol. The second kappa shape index (κ2) is 4.71. The summed E-state index contributed by atoms with van der Waals surface area (Å²) in [7, 11) is 0. The maximum Gasteiger partial charge on any atom is 0.134 e. The van der Waals surface area contributed by atoms with Gasteiger partial charge in [-0.1, -0.05) is 19.8 Å². The lowest BCUT2D eigenvalue weighted by atomic mass is 9.75. The first kappa shape index (κ1) is 12.2. The van der Waals surface area contributed by atoms with Crippen LogP contribution >= 0.6 is 0 Å². The van der Waals surface area contributed by atoms with Crippen LogP contribution in [-0.4, -0.2) is 18.2 Å². The van der Waals surface area contributed by atoms with Gasteiger partial charge in [0.1, 0.15) is 11.9 Å². The number of furan rings is 1. The number of hydrogen-bond acceptors (Lipinski definition) is 3. The number of nitrogens with one attached hydrogen (secondary N) is 1. The van der Waals surface area contributed by atoms with Crippen molar-refractivity contribution in [1.29, 1.82) is 0 Å². The summed E-state index contributed by atoms with van der Waals surface area (Å²) >= 11 is 0. The fraction of sp³-hybridized carbons (Fsp3) is 0.733. The Hall–Kier alpha value is -0.800. The van der Waals surface area contributed by atoms with Crippen LogP contribution in [0.3, 0.4) is 0 Å². The van der Waals surface area contributed by atoms with Crippen molar-refractivity contribution in [1.82, 2.24) is 5.32 Å². The van der Waals surface area contributed by atoms with Gasteiger partial charge in [0, 0.05) is 11.6 Å². The molecular formula is C15H23NO2. The van der Waals surface area contributed by atoms with Gasteiger partial charge in [0.25, 0.3) is 0 Å². The van der Waals surface area contributed by atoms with Crippen LogP contribution in [0.4, 0.5) is 0 Å². The minimum absolute atomic E-state index is 0.0582. The van der Waals surface area contributed by atoms with E-state index in [1.807, 2.05) is 12.1 Å². The maximum absolute atomic E-state index is 6.12. The first-order valence-electron chi connectivity index (χ1n) is 7.11. The molecule has 100 valence electrons. The van der Waals surface area contributed by atoms with Crippen molar-refractivity contribution < 1.29 is 9.15 Å². The zero-order chi connectivity index (χ0) is 12.6. The molecular weight excluding hydrogens is 226 g/mol. The molecule has 2 aliphatic rings. The van der Waals surface area contributed by atoms with Crippen molar-refractivity contribution in [2.45, 2.75) is 57.2 Å². The molecule has 2 heterocycles. The van der Waals surface area contributed by atoms with E-state index in [4.69, 9.17) is 9.15 Å². The summed E-state index contributed by atoms with van der Waals surface area (Å²) < 4.78 is 11.6. The summed E-state index contributed by atoms with van der Waals surface area (Å²) in [4.78, 5) is 0. The summed E-state index contributed by atoms with van der Waals surface area (Å²) in [6.07, 6.45) is 6.94. The lowest BCUT2D eigenvalue weighted by Crippen LogP contribution is -2.60. The summed E-state index contributed by atoms with van der Waals surface area (Å²) in [6.45, 7) is 5.37. The number of rotatable bonds is 1. The molecule has 0 amide bonds. The highest BCUT2D eigenvalue weighted by Crippen LogP contribution is 2.38. The number of morpholine rings is 1. The third-order valence-corrected chi connectivity index (χ3v) is 4.44. The second-order valence-corrected chi connectivity index (χ2v) is 6.16. The molecule has 1 aromatic rings. The molecule has 2 fully saturated rings. The van der Waals surface area contributed by atoms with E-state index in [9.17, 15) is 0 Å². The van der Waals surface area contributed by atoms with Gasteiger partial charge in [-0.25, -0.2) is 0 Å². The molecule has 3 heteroatoms. The van der Waals surface area contributed by atoms with E-state index in [0.29, 0.717) is 6.04 Å². The Morgan fingerprint density at radius 1 is 1.39 bits per heavy atom.